The van der Waals surface area contributed by atoms with E-state index in [1.165, 1.54) is 5.75 Å². The molecule has 2 rings (SSSR count). The van der Waals surface area contributed by atoms with Gasteiger partial charge in [0, 0.05) is 17.8 Å². The maximum absolute atomic E-state index is 11.8. The lowest BCUT2D eigenvalue weighted by Crippen LogP contribution is -2.43. The van der Waals surface area contributed by atoms with Crippen molar-refractivity contribution in [3.63, 3.8) is 0 Å². The van der Waals surface area contributed by atoms with Crippen LogP contribution in [0.25, 0.3) is 0 Å². The Kier molecular flexibility index (Phi) is 3.34. The maximum Gasteiger partial charge on any atom is 0.224 e. The fourth-order valence-electron chi connectivity index (χ4n) is 2.27. The van der Waals surface area contributed by atoms with Gasteiger partial charge in [-0.05, 0) is 25.0 Å². The molecular weight excluding hydrogens is 196 g/mol. The average Bonchev–Trinajstić information content (AvgIpc) is 2.75. The monoisotopic (exact) mass is 214 g/mol. The second kappa shape index (κ2) is 4.53. The fourth-order valence-corrected chi connectivity index (χ4v) is 3.42. The van der Waals surface area contributed by atoms with Crippen molar-refractivity contribution < 1.29 is 4.79 Å². The Morgan fingerprint density at radius 3 is 2.79 bits per heavy atom. The minimum Gasteiger partial charge on any atom is -0.352 e. The summed E-state index contributed by atoms with van der Waals surface area (Å²) in [6.07, 6.45) is 4.22. The predicted molar refractivity (Wildman–Crippen MR) is 59.2 cm³/mol. The molecule has 1 amide bonds. The van der Waals surface area contributed by atoms with E-state index < -0.39 is 0 Å². The van der Waals surface area contributed by atoms with Crippen molar-refractivity contribution in [1.29, 1.82) is 0 Å². The second-order valence-electron chi connectivity index (χ2n) is 4.27. The summed E-state index contributed by atoms with van der Waals surface area (Å²) >= 11 is 1.92. The Hall–Kier alpha value is -0.220. The maximum atomic E-state index is 11.8. The Bertz CT molecular complexity index is 216. The molecule has 14 heavy (non-hydrogen) atoms. The molecule has 3 atom stereocenters. The van der Waals surface area contributed by atoms with Crippen molar-refractivity contribution in [2.45, 2.75) is 37.8 Å². The van der Waals surface area contributed by atoms with Crippen molar-refractivity contribution in [1.82, 2.24) is 5.32 Å². The van der Waals surface area contributed by atoms with Crippen molar-refractivity contribution in [3.05, 3.63) is 0 Å². The fraction of sp³-hybridized carbons (Fsp3) is 0.900. The number of thioether (sulfide) groups is 1. The molecule has 0 radical (unpaired) electrons. The molecule has 0 spiro atoms. The van der Waals surface area contributed by atoms with Gasteiger partial charge in [0.15, 0.2) is 0 Å². The van der Waals surface area contributed by atoms with Gasteiger partial charge in [0.2, 0.25) is 5.91 Å². The van der Waals surface area contributed by atoms with Crippen LogP contribution in [0.2, 0.25) is 0 Å². The van der Waals surface area contributed by atoms with Crippen LogP contribution >= 0.6 is 11.8 Å². The minimum absolute atomic E-state index is 0.0839. The molecule has 0 aromatic carbocycles. The van der Waals surface area contributed by atoms with E-state index in [2.05, 4.69) is 5.32 Å². The molecule has 1 aliphatic carbocycles. The molecule has 1 heterocycles. The molecule has 0 aromatic rings. The quantitative estimate of drug-likeness (QED) is 0.712. The summed E-state index contributed by atoms with van der Waals surface area (Å²) in [6, 6.07) is 0.504. The molecule has 0 bridgehead atoms. The first-order chi connectivity index (χ1) is 6.77. The van der Waals surface area contributed by atoms with Crippen LogP contribution in [0.5, 0.6) is 0 Å². The third kappa shape index (κ3) is 2.23. The van der Waals surface area contributed by atoms with Gasteiger partial charge in [0.25, 0.3) is 0 Å². The van der Waals surface area contributed by atoms with Gasteiger partial charge < -0.3 is 11.1 Å². The van der Waals surface area contributed by atoms with Crippen LogP contribution in [0.4, 0.5) is 0 Å². The van der Waals surface area contributed by atoms with Crippen LogP contribution in [0.15, 0.2) is 0 Å². The molecule has 3 nitrogen and oxygen atoms in total. The van der Waals surface area contributed by atoms with E-state index in [1.54, 1.807) is 0 Å². The largest absolute Gasteiger partial charge is 0.352 e. The Labute approximate surface area is 89.2 Å². The first-order valence-corrected chi connectivity index (χ1v) is 6.56. The first kappa shape index (κ1) is 10.3. The smallest absolute Gasteiger partial charge is 0.224 e. The topological polar surface area (TPSA) is 55.1 Å². The molecular formula is C10H18N2OS. The first-order valence-electron chi connectivity index (χ1n) is 5.41. The van der Waals surface area contributed by atoms with Crippen molar-refractivity contribution in [3.8, 4) is 0 Å². The molecule has 1 aliphatic heterocycles. The van der Waals surface area contributed by atoms with E-state index in [1.807, 2.05) is 11.8 Å². The zero-order valence-corrected chi connectivity index (χ0v) is 9.19. The number of rotatable bonds is 2. The number of nitrogens with one attached hydrogen (secondary N) is 1. The van der Waals surface area contributed by atoms with E-state index in [0.29, 0.717) is 6.04 Å². The molecule has 1 saturated carbocycles. The summed E-state index contributed by atoms with van der Waals surface area (Å²) in [4.78, 5) is 11.8. The summed E-state index contributed by atoms with van der Waals surface area (Å²) in [5, 5.41) is 3.11. The van der Waals surface area contributed by atoms with Crippen molar-refractivity contribution >= 4 is 17.7 Å². The van der Waals surface area contributed by atoms with Gasteiger partial charge in [-0.1, -0.05) is 6.42 Å². The third-order valence-electron chi connectivity index (χ3n) is 3.18. The number of hydrogen-bond acceptors (Lipinski definition) is 3. The minimum atomic E-state index is 0.0839. The lowest BCUT2D eigenvalue weighted by molar-refractivity contribution is -0.125. The van der Waals surface area contributed by atoms with Crippen LogP contribution in [0.1, 0.15) is 25.7 Å². The van der Waals surface area contributed by atoms with E-state index in [9.17, 15) is 4.79 Å². The summed E-state index contributed by atoms with van der Waals surface area (Å²) in [5.41, 5.74) is 5.89. The summed E-state index contributed by atoms with van der Waals surface area (Å²) in [5.74, 6) is 2.54. The Balaban J connectivity index is 1.82. The predicted octanol–water partition coefficient (Wildman–Crippen LogP) is 0.735. The molecule has 0 aromatic heterocycles. The zero-order valence-electron chi connectivity index (χ0n) is 8.37. The van der Waals surface area contributed by atoms with Gasteiger partial charge >= 0.3 is 0 Å². The molecule has 3 unspecified atom stereocenters. The van der Waals surface area contributed by atoms with Gasteiger partial charge in [0.1, 0.15) is 0 Å². The van der Waals surface area contributed by atoms with Crippen LogP contribution in [-0.2, 0) is 4.79 Å². The summed E-state index contributed by atoms with van der Waals surface area (Å²) in [6.45, 7) is 0. The summed E-state index contributed by atoms with van der Waals surface area (Å²) < 4.78 is 0. The van der Waals surface area contributed by atoms with Gasteiger partial charge in [-0.25, -0.2) is 0 Å². The normalized spacial score (nSPS) is 37.4. The number of nitrogens with two attached hydrogens (primary N) is 1. The van der Waals surface area contributed by atoms with Crippen LogP contribution < -0.4 is 11.1 Å². The molecule has 80 valence electrons. The third-order valence-corrected chi connectivity index (χ3v) is 4.34. The molecule has 4 heteroatoms. The zero-order chi connectivity index (χ0) is 9.97. The number of carbonyl (C=O) groups is 1. The highest BCUT2D eigenvalue weighted by molar-refractivity contribution is 7.99. The number of amides is 1. The molecule has 1 saturated heterocycles. The lowest BCUT2D eigenvalue weighted by Gasteiger charge is -2.18. The average molecular weight is 214 g/mol. The summed E-state index contributed by atoms with van der Waals surface area (Å²) in [7, 11) is 0. The van der Waals surface area contributed by atoms with Crippen molar-refractivity contribution in [2.75, 3.05) is 11.5 Å². The van der Waals surface area contributed by atoms with Crippen LogP contribution in [0, 0.1) is 5.92 Å². The van der Waals surface area contributed by atoms with E-state index in [4.69, 9.17) is 5.73 Å². The highest BCUT2D eigenvalue weighted by Crippen LogP contribution is 2.25. The standard InChI is InChI=1S/C10H18N2OS/c11-9-3-1-2-8(9)10(13)12-7-4-5-14-6-7/h7-9H,1-6,11H2,(H,12,13). The number of carbonyl (C=O) groups excluding carboxylic acids is 1. The molecule has 2 aliphatic rings. The highest BCUT2D eigenvalue weighted by Gasteiger charge is 2.31. The van der Waals surface area contributed by atoms with E-state index >= 15 is 0 Å². The highest BCUT2D eigenvalue weighted by atomic mass is 32.2. The Morgan fingerprint density at radius 2 is 2.21 bits per heavy atom. The second-order valence-corrected chi connectivity index (χ2v) is 5.42. The number of hydrogen-bond donors (Lipinski definition) is 2. The van der Waals surface area contributed by atoms with Gasteiger partial charge in [-0.2, -0.15) is 11.8 Å². The Morgan fingerprint density at radius 1 is 1.36 bits per heavy atom. The van der Waals surface area contributed by atoms with Crippen molar-refractivity contribution in [2.24, 2.45) is 11.7 Å². The van der Waals surface area contributed by atoms with E-state index in [0.717, 1.165) is 31.4 Å². The van der Waals surface area contributed by atoms with Crippen LogP contribution in [0.3, 0.4) is 0 Å². The van der Waals surface area contributed by atoms with Crippen LogP contribution in [-0.4, -0.2) is 29.5 Å². The molecule has 2 fully saturated rings. The van der Waals surface area contributed by atoms with Gasteiger partial charge in [-0.15, -0.1) is 0 Å². The van der Waals surface area contributed by atoms with Gasteiger partial charge in [-0.3, -0.25) is 4.79 Å². The molecule has 3 N–H and O–H groups in total. The lowest BCUT2D eigenvalue weighted by atomic mass is 10.0. The SMILES string of the molecule is NC1CCCC1C(=O)NC1CCSC1. The van der Waals surface area contributed by atoms with E-state index in [-0.39, 0.29) is 17.9 Å². The van der Waals surface area contributed by atoms with Gasteiger partial charge in [0.05, 0.1) is 5.92 Å².